The first-order valence-corrected chi connectivity index (χ1v) is 16.4. The zero-order valence-electron chi connectivity index (χ0n) is 26.3. The quantitative estimate of drug-likeness (QED) is 0.195. The number of nitrogens with zero attached hydrogens (tertiary/aromatic N) is 3. The van der Waals surface area contributed by atoms with Gasteiger partial charge in [-0.25, -0.2) is 15.0 Å². The van der Waals surface area contributed by atoms with Gasteiger partial charge in [-0.05, 0) is 79.8 Å². The Morgan fingerprint density at radius 2 is 0.796 bits per heavy atom. The summed E-state index contributed by atoms with van der Waals surface area (Å²) in [5, 5.41) is 9.09. The van der Waals surface area contributed by atoms with E-state index in [2.05, 4.69) is 152 Å². The molecule has 0 aliphatic rings. The van der Waals surface area contributed by atoms with Crippen molar-refractivity contribution in [1.29, 1.82) is 0 Å². The average Bonchev–Trinajstić information content (AvgIpc) is 3.55. The fourth-order valence-corrected chi connectivity index (χ4v) is 7.05. The molecule has 10 aromatic rings. The summed E-state index contributed by atoms with van der Waals surface area (Å²) in [6, 6.07) is 57.1. The lowest BCUT2D eigenvalue weighted by atomic mass is 9.94. The van der Waals surface area contributed by atoms with E-state index in [0.29, 0.717) is 17.5 Å². The van der Waals surface area contributed by atoms with Crippen LogP contribution in [0.1, 0.15) is 0 Å². The second-order valence-electron chi connectivity index (χ2n) is 12.4. The lowest BCUT2D eigenvalue weighted by molar-refractivity contribution is 0.669. The van der Waals surface area contributed by atoms with E-state index >= 15 is 0 Å². The Hall–Kier alpha value is -6.65. The van der Waals surface area contributed by atoms with Crippen molar-refractivity contribution in [3.05, 3.63) is 164 Å². The van der Waals surface area contributed by atoms with Crippen LogP contribution in [0.2, 0.25) is 0 Å². The lowest BCUT2D eigenvalue weighted by Crippen LogP contribution is -2.01. The largest absolute Gasteiger partial charge is 0.456 e. The molecular weight excluding hydrogens is 599 g/mol. The molecule has 0 bridgehead atoms. The van der Waals surface area contributed by atoms with Crippen molar-refractivity contribution in [2.45, 2.75) is 0 Å². The van der Waals surface area contributed by atoms with Gasteiger partial charge >= 0.3 is 0 Å². The van der Waals surface area contributed by atoms with Crippen molar-refractivity contribution >= 4 is 54.3 Å². The third-order valence-corrected chi connectivity index (χ3v) is 9.50. The first-order chi connectivity index (χ1) is 24.2. The molecule has 0 spiro atoms. The van der Waals surface area contributed by atoms with Gasteiger partial charge < -0.3 is 4.42 Å². The SMILES string of the molecule is c1ccc2cc(-c3nc(-c4ccc5ccccc5c4)nc(-c4ccc(-c5ccc6oc7ccccc7c6c5)c5ccccc45)n3)ccc2c1. The molecule has 228 valence electrons. The number of aromatic nitrogens is 3. The molecule has 0 aliphatic carbocycles. The van der Waals surface area contributed by atoms with Crippen LogP contribution in [0.4, 0.5) is 0 Å². The minimum atomic E-state index is 0.639. The number of fused-ring (bicyclic) bond motifs is 6. The molecule has 0 N–H and O–H groups in total. The molecular formula is C45H27N3O. The van der Waals surface area contributed by atoms with Crippen molar-refractivity contribution < 1.29 is 4.42 Å². The molecule has 0 fully saturated rings. The van der Waals surface area contributed by atoms with E-state index in [1.54, 1.807) is 0 Å². The van der Waals surface area contributed by atoms with Gasteiger partial charge in [-0.3, -0.25) is 0 Å². The van der Waals surface area contributed by atoms with E-state index in [9.17, 15) is 0 Å². The van der Waals surface area contributed by atoms with Crippen LogP contribution in [0.5, 0.6) is 0 Å². The highest BCUT2D eigenvalue weighted by atomic mass is 16.3. The normalized spacial score (nSPS) is 11.7. The second-order valence-corrected chi connectivity index (χ2v) is 12.4. The van der Waals surface area contributed by atoms with E-state index in [4.69, 9.17) is 19.4 Å². The fourth-order valence-electron chi connectivity index (χ4n) is 7.05. The number of hydrogen-bond acceptors (Lipinski definition) is 4. The van der Waals surface area contributed by atoms with E-state index in [1.165, 1.54) is 10.8 Å². The Morgan fingerprint density at radius 3 is 1.47 bits per heavy atom. The Bertz CT molecular complexity index is 2810. The highest BCUT2D eigenvalue weighted by Gasteiger charge is 2.17. The van der Waals surface area contributed by atoms with Crippen molar-refractivity contribution in [2.75, 3.05) is 0 Å². The maximum atomic E-state index is 6.13. The van der Waals surface area contributed by atoms with Crippen molar-refractivity contribution in [3.8, 4) is 45.3 Å². The van der Waals surface area contributed by atoms with Crippen LogP contribution in [0, 0.1) is 0 Å². The monoisotopic (exact) mass is 625 g/mol. The van der Waals surface area contributed by atoms with Crippen LogP contribution < -0.4 is 0 Å². The number of hydrogen-bond donors (Lipinski definition) is 0. The Morgan fingerprint density at radius 1 is 0.306 bits per heavy atom. The maximum Gasteiger partial charge on any atom is 0.164 e. The molecule has 0 aliphatic heterocycles. The first-order valence-electron chi connectivity index (χ1n) is 16.4. The van der Waals surface area contributed by atoms with Crippen LogP contribution in [0.25, 0.3) is 99.5 Å². The molecule has 0 atom stereocenters. The molecule has 4 heteroatoms. The summed E-state index contributed by atoms with van der Waals surface area (Å²) in [4.78, 5) is 15.4. The van der Waals surface area contributed by atoms with Crippen LogP contribution in [0.15, 0.2) is 168 Å². The van der Waals surface area contributed by atoms with Gasteiger partial charge in [0.15, 0.2) is 17.5 Å². The topological polar surface area (TPSA) is 51.8 Å². The molecule has 0 radical (unpaired) electrons. The summed E-state index contributed by atoms with van der Waals surface area (Å²) in [6.45, 7) is 0. The van der Waals surface area contributed by atoms with Crippen molar-refractivity contribution in [2.24, 2.45) is 0 Å². The predicted octanol–water partition coefficient (Wildman–Crippen LogP) is 11.9. The van der Waals surface area contributed by atoms with Gasteiger partial charge in [0.05, 0.1) is 0 Å². The van der Waals surface area contributed by atoms with Crippen molar-refractivity contribution in [1.82, 2.24) is 15.0 Å². The summed E-state index contributed by atoms with van der Waals surface area (Å²) in [7, 11) is 0. The van der Waals surface area contributed by atoms with Crippen LogP contribution in [0.3, 0.4) is 0 Å². The number of furan rings is 1. The molecule has 0 saturated heterocycles. The van der Waals surface area contributed by atoms with Gasteiger partial charge in [0.1, 0.15) is 11.2 Å². The van der Waals surface area contributed by atoms with Gasteiger partial charge in [-0.1, -0.05) is 127 Å². The summed E-state index contributed by atoms with van der Waals surface area (Å²) >= 11 is 0. The summed E-state index contributed by atoms with van der Waals surface area (Å²) in [6.07, 6.45) is 0. The third kappa shape index (κ3) is 4.65. The van der Waals surface area contributed by atoms with Gasteiger partial charge in [0.25, 0.3) is 0 Å². The Kier molecular flexibility index (Phi) is 6.15. The van der Waals surface area contributed by atoms with Crippen LogP contribution in [-0.2, 0) is 0 Å². The zero-order chi connectivity index (χ0) is 32.3. The highest BCUT2D eigenvalue weighted by Crippen LogP contribution is 2.38. The van der Waals surface area contributed by atoms with Crippen LogP contribution in [-0.4, -0.2) is 15.0 Å². The molecule has 49 heavy (non-hydrogen) atoms. The molecule has 4 nitrogen and oxygen atoms in total. The van der Waals surface area contributed by atoms with E-state index < -0.39 is 0 Å². The molecule has 2 heterocycles. The number of benzene rings is 8. The van der Waals surface area contributed by atoms with E-state index in [0.717, 1.165) is 71.3 Å². The van der Waals surface area contributed by atoms with Crippen molar-refractivity contribution in [3.63, 3.8) is 0 Å². The second kappa shape index (κ2) is 11.0. The first kappa shape index (κ1) is 27.5. The summed E-state index contributed by atoms with van der Waals surface area (Å²) in [5.74, 6) is 1.93. The predicted molar refractivity (Wildman–Crippen MR) is 201 cm³/mol. The van der Waals surface area contributed by atoms with Gasteiger partial charge in [0.2, 0.25) is 0 Å². The summed E-state index contributed by atoms with van der Waals surface area (Å²) < 4.78 is 6.13. The lowest BCUT2D eigenvalue weighted by Gasteiger charge is -2.13. The van der Waals surface area contributed by atoms with Gasteiger partial charge in [-0.2, -0.15) is 0 Å². The van der Waals surface area contributed by atoms with E-state index in [-0.39, 0.29) is 0 Å². The van der Waals surface area contributed by atoms with Gasteiger partial charge in [-0.15, -0.1) is 0 Å². The zero-order valence-corrected chi connectivity index (χ0v) is 26.3. The molecule has 10 rings (SSSR count). The Labute approximate surface area is 282 Å². The molecule has 2 aromatic heterocycles. The summed E-state index contributed by atoms with van der Waals surface area (Å²) in [5.41, 5.74) is 6.92. The molecule has 0 saturated carbocycles. The maximum absolute atomic E-state index is 6.13. The number of rotatable bonds is 4. The van der Waals surface area contributed by atoms with Gasteiger partial charge in [0, 0.05) is 27.5 Å². The molecule has 0 amide bonds. The van der Waals surface area contributed by atoms with Crippen LogP contribution >= 0.6 is 0 Å². The third-order valence-electron chi connectivity index (χ3n) is 9.50. The minimum Gasteiger partial charge on any atom is -0.456 e. The standard InChI is InChI=1S/C45H27N3O/c1-3-11-30-25-33(19-17-28(30)9-1)43-46-44(34-20-18-29-10-2-4-12-31(29)26-34)48-45(47-43)39-23-22-35(36-13-5-6-14-37(36)39)32-21-24-42-40(27-32)38-15-7-8-16-41(38)49-42/h1-27H. The molecule has 8 aromatic carbocycles. The Balaban J connectivity index is 1.18. The molecule has 0 unspecified atom stereocenters. The fraction of sp³-hybridized carbons (Fsp3) is 0. The average molecular weight is 626 g/mol. The minimum absolute atomic E-state index is 0.639. The smallest absolute Gasteiger partial charge is 0.164 e. The van der Waals surface area contributed by atoms with E-state index in [1.807, 2.05) is 12.1 Å². The number of para-hydroxylation sites is 1. The highest BCUT2D eigenvalue weighted by molar-refractivity contribution is 6.09.